The molecule has 7 heteroatoms. The average Bonchev–Trinajstić information content (AvgIpc) is 2.75. The van der Waals surface area contributed by atoms with Crippen molar-refractivity contribution in [2.45, 2.75) is 77.0 Å². The highest BCUT2D eigenvalue weighted by Gasteiger charge is 2.22. The quantitative estimate of drug-likeness (QED) is 0.303. The standard InChI is InChI=1S/C25H37N3O4/c1-4-5-6-10-19(24(26)32)18-9-7-8-17(13-18)14-25(2,3)27-15-23(31)20-11-12-22(30)21(16-29)28-20/h7-9,11-13,19,23,27,29-31H,4-6,10,14-16H2,1-3H3,(H2,26,32). The summed E-state index contributed by atoms with van der Waals surface area (Å²) in [6.45, 7) is 6.09. The van der Waals surface area contributed by atoms with Gasteiger partial charge in [-0.3, -0.25) is 4.79 Å². The van der Waals surface area contributed by atoms with Crippen LogP contribution in [0.4, 0.5) is 0 Å². The second kappa shape index (κ2) is 11.9. The van der Waals surface area contributed by atoms with Gasteiger partial charge in [-0.05, 0) is 49.9 Å². The number of nitrogens with two attached hydrogens (primary N) is 1. The Bertz CT molecular complexity index is 885. The molecule has 2 unspecified atom stereocenters. The number of rotatable bonds is 13. The van der Waals surface area contributed by atoms with Gasteiger partial charge in [-0.1, -0.05) is 50.5 Å². The van der Waals surface area contributed by atoms with Crippen molar-refractivity contribution in [3.8, 4) is 5.75 Å². The van der Waals surface area contributed by atoms with Crippen molar-refractivity contribution in [2.24, 2.45) is 5.73 Å². The van der Waals surface area contributed by atoms with E-state index in [1.54, 1.807) is 6.07 Å². The summed E-state index contributed by atoms with van der Waals surface area (Å²) in [5.74, 6) is -0.663. The summed E-state index contributed by atoms with van der Waals surface area (Å²) in [5.41, 5.74) is 7.90. The molecular weight excluding hydrogens is 406 g/mol. The maximum atomic E-state index is 12.0. The van der Waals surface area contributed by atoms with E-state index in [0.717, 1.165) is 36.8 Å². The van der Waals surface area contributed by atoms with Gasteiger partial charge >= 0.3 is 0 Å². The van der Waals surface area contributed by atoms with Crippen molar-refractivity contribution in [2.75, 3.05) is 6.54 Å². The van der Waals surface area contributed by atoms with Gasteiger partial charge in [-0.2, -0.15) is 0 Å². The molecule has 0 bridgehead atoms. The summed E-state index contributed by atoms with van der Waals surface area (Å²) in [6.07, 6.45) is 3.72. The summed E-state index contributed by atoms with van der Waals surface area (Å²) in [5, 5.41) is 32.8. The molecule has 7 nitrogen and oxygen atoms in total. The third-order valence-electron chi connectivity index (χ3n) is 5.68. The largest absolute Gasteiger partial charge is 0.506 e. The van der Waals surface area contributed by atoms with Gasteiger partial charge in [-0.25, -0.2) is 4.98 Å². The normalized spacial score (nSPS) is 13.7. The van der Waals surface area contributed by atoms with E-state index in [1.807, 2.05) is 32.0 Å². The number of pyridine rings is 1. The Morgan fingerprint density at radius 3 is 2.62 bits per heavy atom. The van der Waals surface area contributed by atoms with Crippen molar-refractivity contribution in [3.63, 3.8) is 0 Å². The van der Waals surface area contributed by atoms with Gasteiger partial charge in [0.25, 0.3) is 0 Å². The Kier molecular flexibility index (Phi) is 9.62. The number of benzene rings is 1. The van der Waals surface area contributed by atoms with Gasteiger partial charge in [0, 0.05) is 12.1 Å². The van der Waals surface area contributed by atoms with Crippen molar-refractivity contribution in [1.82, 2.24) is 10.3 Å². The highest BCUT2D eigenvalue weighted by atomic mass is 16.3. The van der Waals surface area contributed by atoms with E-state index in [9.17, 15) is 20.1 Å². The maximum absolute atomic E-state index is 12.0. The number of nitrogens with zero attached hydrogens (tertiary/aromatic N) is 1. The summed E-state index contributed by atoms with van der Waals surface area (Å²) < 4.78 is 0. The average molecular weight is 444 g/mol. The fourth-order valence-corrected chi connectivity index (χ4v) is 3.85. The second-order valence-corrected chi connectivity index (χ2v) is 9.01. The van der Waals surface area contributed by atoms with Crippen LogP contribution in [-0.4, -0.2) is 38.3 Å². The molecule has 1 amide bonds. The Balaban J connectivity index is 2.03. The maximum Gasteiger partial charge on any atom is 0.224 e. The molecule has 32 heavy (non-hydrogen) atoms. The zero-order chi connectivity index (χ0) is 23.7. The van der Waals surface area contributed by atoms with Gasteiger partial charge < -0.3 is 26.4 Å². The minimum atomic E-state index is -0.885. The number of carbonyl (C=O) groups excluding carboxylic acids is 1. The fraction of sp³-hybridized carbons (Fsp3) is 0.520. The second-order valence-electron chi connectivity index (χ2n) is 9.01. The lowest BCUT2D eigenvalue weighted by Gasteiger charge is -2.28. The van der Waals surface area contributed by atoms with Crippen molar-refractivity contribution >= 4 is 5.91 Å². The lowest BCUT2D eigenvalue weighted by atomic mass is 9.88. The molecule has 0 aliphatic carbocycles. The molecule has 0 spiro atoms. The van der Waals surface area contributed by atoms with E-state index in [4.69, 9.17) is 5.73 Å². The first kappa shape index (κ1) is 25.8. The lowest BCUT2D eigenvalue weighted by molar-refractivity contribution is -0.119. The van der Waals surface area contributed by atoms with Crippen LogP contribution in [0.25, 0.3) is 0 Å². The number of unbranched alkanes of at least 4 members (excludes halogenated alkanes) is 2. The Morgan fingerprint density at radius 1 is 1.22 bits per heavy atom. The highest BCUT2D eigenvalue weighted by Crippen LogP contribution is 2.25. The number of hydrogen-bond acceptors (Lipinski definition) is 6. The van der Waals surface area contributed by atoms with Crippen LogP contribution in [0.3, 0.4) is 0 Å². The van der Waals surface area contributed by atoms with Gasteiger partial charge in [0.05, 0.1) is 18.2 Å². The van der Waals surface area contributed by atoms with E-state index in [0.29, 0.717) is 12.1 Å². The minimum absolute atomic E-state index is 0.0967. The zero-order valence-corrected chi connectivity index (χ0v) is 19.3. The van der Waals surface area contributed by atoms with Crippen molar-refractivity contribution in [1.29, 1.82) is 0 Å². The van der Waals surface area contributed by atoms with Crippen molar-refractivity contribution < 1.29 is 20.1 Å². The van der Waals surface area contributed by atoms with Crippen molar-refractivity contribution in [3.05, 3.63) is 58.9 Å². The van der Waals surface area contributed by atoms with Crippen LogP contribution >= 0.6 is 0 Å². The van der Waals surface area contributed by atoms with Crippen LogP contribution in [0.2, 0.25) is 0 Å². The van der Waals surface area contributed by atoms with Crippen LogP contribution < -0.4 is 11.1 Å². The van der Waals surface area contributed by atoms with Gasteiger partial charge in [0.1, 0.15) is 17.5 Å². The smallest absolute Gasteiger partial charge is 0.224 e. The number of aliphatic hydroxyl groups excluding tert-OH is 2. The number of aromatic hydroxyl groups is 1. The molecule has 0 fully saturated rings. The molecule has 0 aliphatic rings. The zero-order valence-electron chi connectivity index (χ0n) is 19.3. The van der Waals surface area contributed by atoms with Crippen LogP contribution in [0.15, 0.2) is 36.4 Å². The lowest BCUT2D eigenvalue weighted by Crippen LogP contribution is -2.43. The SMILES string of the molecule is CCCCCC(C(N)=O)c1cccc(CC(C)(C)NCC(O)c2ccc(O)c(CO)n2)c1. The Morgan fingerprint density at radius 2 is 1.97 bits per heavy atom. The molecule has 6 N–H and O–H groups in total. The molecule has 0 radical (unpaired) electrons. The minimum Gasteiger partial charge on any atom is -0.506 e. The Hall–Kier alpha value is -2.48. The first-order valence-electron chi connectivity index (χ1n) is 11.3. The van der Waals surface area contributed by atoms with E-state index in [-0.39, 0.29) is 35.4 Å². The number of primary amides is 1. The molecule has 1 heterocycles. The van der Waals surface area contributed by atoms with Gasteiger partial charge in [0.15, 0.2) is 0 Å². The Labute approximate surface area is 190 Å². The highest BCUT2D eigenvalue weighted by molar-refractivity contribution is 5.81. The summed E-state index contributed by atoms with van der Waals surface area (Å²) in [4.78, 5) is 16.1. The molecule has 1 aromatic heterocycles. The van der Waals surface area contributed by atoms with E-state index >= 15 is 0 Å². The molecule has 0 saturated heterocycles. The third kappa shape index (κ3) is 7.58. The van der Waals surface area contributed by atoms with Gasteiger partial charge in [0.2, 0.25) is 5.91 Å². The molecule has 0 aliphatic heterocycles. The van der Waals surface area contributed by atoms with Gasteiger partial charge in [-0.15, -0.1) is 0 Å². The van der Waals surface area contributed by atoms with E-state index in [1.165, 1.54) is 6.07 Å². The monoisotopic (exact) mass is 443 g/mol. The molecular formula is C25H37N3O4. The number of carbonyl (C=O) groups is 1. The number of amides is 1. The predicted molar refractivity (Wildman–Crippen MR) is 125 cm³/mol. The number of nitrogens with one attached hydrogen (secondary N) is 1. The van der Waals surface area contributed by atoms with Crippen LogP contribution in [-0.2, 0) is 17.8 Å². The number of aliphatic hydroxyl groups is 2. The fourth-order valence-electron chi connectivity index (χ4n) is 3.85. The predicted octanol–water partition coefficient (Wildman–Crippen LogP) is 3.07. The van der Waals surface area contributed by atoms with E-state index in [2.05, 4.69) is 23.3 Å². The third-order valence-corrected chi connectivity index (χ3v) is 5.68. The molecule has 2 atom stereocenters. The first-order valence-corrected chi connectivity index (χ1v) is 11.3. The number of hydrogen-bond donors (Lipinski definition) is 5. The van der Waals surface area contributed by atoms with Crippen LogP contribution in [0.5, 0.6) is 5.75 Å². The number of aromatic nitrogens is 1. The summed E-state index contributed by atoms with van der Waals surface area (Å²) >= 11 is 0. The first-order chi connectivity index (χ1) is 15.2. The van der Waals surface area contributed by atoms with Crippen LogP contribution in [0.1, 0.15) is 81.0 Å². The molecule has 0 saturated carbocycles. The molecule has 1 aromatic carbocycles. The molecule has 176 valence electrons. The van der Waals surface area contributed by atoms with E-state index < -0.39 is 12.7 Å². The summed E-state index contributed by atoms with van der Waals surface area (Å²) in [6, 6.07) is 11.0. The number of β-amino-alcohol motifs (C(OH)–C–C–N with tert-alkyl or cyclic N) is 1. The topological polar surface area (TPSA) is 129 Å². The van der Waals surface area contributed by atoms with Crippen LogP contribution in [0, 0.1) is 0 Å². The molecule has 2 rings (SSSR count). The molecule has 2 aromatic rings. The summed E-state index contributed by atoms with van der Waals surface area (Å²) in [7, 11) is 0.